The van der Waals surface area contributed by atoms with Gasteiger partial charge in [0.25, 0.3) is 0 Å². The van der Waals surface area contributed by atoms with Gasteiger partial charge in [-0.3, -0.25) is 38.1 Å². The van der Waals surface area contributed by atoms with E-state index >= 15 is 0 Å². The van der Waals surface area contributed by atoms with Crippen LogP contribution in [0.25, 0.3) is 0 Å². The number of fused-ring (bicyclic) bond motifs is 2. The Kier molecular flexibility index (Phi) is 23.0. The first kappa shape index (κ1) is 63.2. The Morgan fingerprint density at radius 2 is 0.965 bits per heavy atom. The molecule has 21 heteroatoms. The Morgan fingerprint density at radius 3 is 1.38 bits per heavy atom. The first-order valence-corrected chi connectivity index (χ1v) is 31.8. The molecule has 6 heterocycles. The van der Waals surface area contributed by atoms with Gasteiger partial charge < -0.3 is 46.8 Å². The predicted octanol–water partition coefficient (Wildman–Crippen LogP) is 5.52. The largest absolute Gasteiger partial charge is 0.395 e. The molecule has 2 aromatic heterocycles. The second kappa shape index (κ2) is 31.3. The number of nitrogens with zero attached hydrogens (tertiary/aromatic N) is 8. The van der Waals surface area contributed by atoms with E-state index in [2.05, 4.69) is 76.8 Å². The lowest BCUT2D eigenvalue weighted by Gasteiger charge is -2.36. The van der Waals surface area contributed by atoms with Crippen LogP contribution in [0.1, 0.15) is 176 Å². The summed E-state index contributed by atoms with van der Waals surface area (Å²) in [7, 11) is 0. The lowest BCUT2D eigenvalue weighted by molar-refractivity contribution is -0.144. The number of hydrogen-bond donors (Lipinski definition) is 7. The molecule has 4 fully saturated rings. The molecule has 9 rings (SSSR count). The van der Waals surface area contributed by atoms with Crippen molar-refractivity contribution < 1.29 is 33.9 Å². The van der Waals surface area contributed by atoms with Crippen molar-refractivity contribution in [3.05, 3.63) is 131 Å². The van der Waals surface area contributed by atoms with Crippen LogP contribution in [-0.2, 0) is 54.7 Å². The molecule has 5 aromatic rings. The van der Waals surface area contributed by atoms with E-state index in [0.29, 0.717) is 63.1 Å². The van der Waals surface area contributed by atoms with E-state index in [1.54, 1.807) is 16.7 Å². The maximum absolute atomic E-state index is 14.4. The Morgan fingerprint density at radius 1 is 0.547 bits per heavy atom. The average molecular weight is 1180 g/mol. The van der Waals surface area contributed by atoms with Gasteiger partial charge in [-0.05, 0) is 139 Å². The van der Waals surface area contributed by atoms with Gasteiger partial charge in [0.15, 0.2) is 0 Å². The van der Waals surface area contributed by atoms with Gasteiger partial charge in [-0.1, -0.05) is 128 Å². The van der Waals surface area contributed by atoms with Crippen LogP contribution in [0.5, 0.6) is 0 Å². The summed E-state index contributed by atoms with van der Waals surface area (Å²) < 4.78 is 3.67. The van der Waals surface area contributed by atoms with Gasteiger partial charge in [0, 0.05) is 31.7 Å². The highest BCUT2D eigenvalue weighted by atomic mass is 16.3. The van der Waals surface area contributed by atoms with Gasteiger partial charge >= 0.3 is 0 Å². The molecular formula is C65H90N14O7. The Hall–Kier alpha value is -7.36. The monoisotopic (exact) mass is 1180 g/mol. The standard InChI is InChI=1S/C65H90N14O7/c1-4-37-66-44(2)60(81)68-52-27-13-11-25-50-33-35-56(78(50)64(52)85)62(83)70-58(48-21-7-5-8-22-48)54-42-76(74-72-54)39-17-15-19-46-29-31-47(32-30-46)20-16-18-40-77-43-55(73-75-77)59(49-23-9-6-10-24-49)71-63(84)57-36-34-51-26-12-14-28-53(65(86)79(51)57)69-61(82)45(3)67-38-41-80/h5-10,21-24,29-32,42-45,50-53,56-59,66-67,80H,4,11-20,25-28,33-41H2,1-3H3,(H,68,81)(H,69,82)(H,70,83)(H,71,84)/t44-,45-,50-,51-,52-,53-,56-,57-,58-,59-/m0/s1. The summed E-state index contributed by atoms with van der Waals surface area (Å²) >= 11 is 0. The lowest BCUT2D eigenvalue weighted by Crippen LogP contribution is -2.58. The zero-order valence-corrected chi connectivity index (χ0v) is 50.5. The zero-order valence-electron chi connectivity index (χ0n) is 50.5. The van der Waals surface area contributed by atoms with Gasteiger partial charge in [0.05, 0.1) is 43.2 Å². The summed E-state index contributed by atoms with van der Waals surface area (Å²) in [6.07, 6.45) is 18.9. The highest BCUT2D eigenvalue weighted by molar-refractivity contribution is 5.95. The van der Waals surface area contributed by atoms with Crippen LogP contribution in [0, 0.1) is 0 Å². The molecule has 7 N–H and O–H groups in total. The van der Waals surface area contributed by atoms with E-state index < -0.39 is 48.3 Å². The van der Waals surface area contributed by atoms with Gasteiger partial charge in [-0.25, -0.2) is 0 Å². The number of rotatable bonds is 28. The molecule has 6 amide bonds. The van der Waals surface area contributed by atoms with Crippen LogP contribution in [0.4, 0.5) is 0 Å². The van der Waals surface area contributed by atoms with Crippen molar-refractivity contribution in [1.29, 1.82) is 0 Å². The minimum absolute atomic E-state index is 0.0523. The molecule has 4 aliphatic rings. The van der Waals surface area contributed by atoms with Gasteiger partial charge in [0.2, 0.25) is 35.4 Å². The molecule has 0 radical (unpaired) electrons. The second-order valence-corrected chi connectivity index (χ2v) is 24.0. The van der Waals surface area contributed by atoms with E-state index in [4.69, 9.17) is 0 Å². The van der Waals surface area contributed by atoms with Gasteiger partial charge in [0.1, 0.15) is 35.6 Å². The maximum Gasteiger partial charge on any atom is 0.246 e. The van der Waals surface area contributed by atoms with Crippen molar-refractivity contribution in [2.24, 2.45) is 0 Å². The van der Waals surface area contributed by atoms with Crippen molar-refractivity contribution >= 4 is 35.4 Å². The molecule has 0 spiro atoms. The summed E-state index contributed by atoms with van der Waals surface area (Å²) in [6.45, 7) is 7.75. The number of aliphatic hydroxyl groups is 1. The van der Waals surface area contributed by atoms with Crippen molar-refractivity contribution in [3.8, 4) is 0 Å². The number of carbonyl (C=O) groups is 6. The van der Waals surface area contributed by atoms with E-state index in [1.807, 2.05) is 96.3 Å². The summed E-state index contributed by atoms with van der Waals surface area (Å²) in [5, 5.41) is 45.9. The third-order valence-corrected chi connectivity index (χ3v) is 17.7. The van der Waals surface area contributed by atoms with Crippen LogP contribution >= 0.6 is 0 Å². The lowest BCUT2D eigenvalue weighted by atomic mass is 9.98. The molecule has 462 valence electrons. The fourth-order valence-corrected chi connectivity index (χ4v) is 12.9. The third-order valence-electron chi connectivity index (χ3n) is 17.7. The SMILES string of the molecule is CCCN[C@@H](C)C(=O)N[C@H]1CCCC[C@H]2CC[C@@H](C(=O)N[C@@H](c3ccccc3)c3cn(CCCCc4ccc(CCCCn5cc([C@@H](NC(=O)[C@@H]6CC[C@@H]7CCCC[C@H](NC(=O)[C@H](C)NCCO)C(=O)N76)c6ccccc6)nn5)cc4)nn3)N2C1=O. The zero-order chi connectivity index (χ0) is 60.4. The number of unbranched alkanes of at least 4 members (excludes halogenated alkanes) is 2. The van der Waals surface area contributed by atoms with Crippen molar-refractivity contribution in [3.63, 3.8) is 0 Å². The number of amides is 6. The molecule has 4 saturated heterocycles. The molecule has 21 nitrogen and oxygen atoms in total. The topological polar surface area (TPSA) is 263 Å². The Labute approximate surface area is 506 Å². The van der Waals surface area contributed by atoms with Crippen LogP contribution in [0.2, 0.25) is 0 Å². The number of aromatic nitrogens is 6. The summed E-state index contributed by atoms with van der Waals surface area (Å²) in [5.74, 6) is -1.42. The Bertz CT molecular complexity index is 2800. The highest BCUT2D eigenvalue weighted by Gasteiger charge is 2.46. The number of hydrogen-bond acceptors (Lipinski definition) is 13. The number of aryl methyl sites for hydroxylation is 4. The van der Waals surface area contributed by atoms with E-state index in [-0.39, 0.29) is 60.7 Å². The number of nitrogens with one attached hydrogen (secondary N) is 6. The van der Waals surface area contributed by atoms with Gasteiger partial charge in [-0.2, -0.15) is 0 Å². The second-order valence-electron chi connectivity index (χ2n) is 24.0. The van der Waals surface area contributed by atoms with Crippen molar-refractivity contribution in [2.75, 3.05) is 19.7 Å². The summed E-state index contributed by atoms with van der Waals surface area (Å²) in [5.41, 5.74) is 5.49. The minimum atomic E-state index is -0.738. The Balaban J connectivity index is 0.731. The van der Waals surface area contributed by atoms with E-state index in [1.165, 1.54) is 11.1 Å². The molecule has 0 aliphatic carbocycles. The first-order chi connectivity index (χ1) is 41.9. The average Bonchev–Trinajstić information content (AvgIpc) is 4.55. The van der Waals surface area contributed by atoms with Crippen molar-refractivity contribution in [2.45, 2.75) is 216 Å². The predicted molar refractivity (Wildman–Crippen MR) is 326 cm³/mol. The fourth-order valence-electron chi connectivity index (χ4n) is 12.9. The quantitative estimate of drug-likeness (QED) is 0.0305. The summed E-state index contributed by atoms with van der Waals surface area (Å²) in [6, 6.07) is 23.2. The molecule has 3 aromatic carbocycles. The van der Waals surface area contributed by atoms with Crippen LogP contribution < -0.4 is 31.9 Å². The third kappa shape index (κ3) is 16.6. The molecule has 4 aliphatic heterocycles. The minimum Gasteiger partial charge on any atom is -0.395 e. The van der Waals surface area contributed by atoms with Gasteiger partial charge in [-0.15, -0.1) is 10.2 Å². The van der Waals surface area contributed by atoms with Crippen LogP contribution in [0.3, 0.4) is 0 Å². The molecular weight excluding hydrogens is 1090 g/mol. The van der Waals surface area contributed by atoms with Crippen molar-refractivity contribution in [1.82, 2.24) is 71.7 Å². The van der Waals surface area contributed by atoms with E-state index in [9.17, 15) is 33.9 Å². The summed E-state index contributed by atoms with van der Waals surface area (Å²) in [4.78, 5) is 86.8. The van der Waals surface area contributed by atoms with E-state index in [0.717, 1.165) is 101 Å². The number of aliphatic hydroxyl groups excluding tert-OH is 1. The normalized spacial score (nSPS) is 22.0. The molecule has 0 bridgehead atoms. The first-order valence-electron chi connectivity index (χ1n) is 31.8. The smallest absolute Gasteiger partial charge is 0.246 e. The molecule has 10 atom stereocenters. The maximum atomic E-state index is 14.4. The number of benzene rings is 3. The van der Waals surface area contributed by atoms with Crippen LogP contribution in [0.15, 0.2) is 97.3 Å². The van der Waals surface area contributed by atoms with Crippen LogP contribution in [-0.4, -0.2) is 148 Å². The fraction of sp³-hybridized carbons (Fsp3) is 0.569. The molecule has 86 heavy (non-hydrogen) atoms. The number of carbonyl (C=O) groups excluding carboxylic acids is 6. The molecule has 0 saturated carbocycles. The molecule has 0 unspecified atom stereocenters. The highest BCUT2D eigenvalue weighted by Crippen LogP contribution is 2.34.